The molecule has 8 nitrogen and oxygen atoms in total. The van der Waals surface area contributed by atoms with Gasteiger partial charge in [-0.25, -0.2) is 4.79 Å². The summed E-state index contributed by atoms with van der Waals surface area (Å²) in [6.07, 6.45) is 30.4. The Morgan fingerprint density at radius 2 is 1.48 bits per heavy atom. The molecule has 4 aliphatic carbocycles. The lowest BCUT2D eigenvalue weighted by atomic mass is 9.47. The summed E-state index contributed by atoms with van der Waals surface area (Å²) < 4.78 is 6.27. The van der Waals surface area contributed by atoms with Crippen LogP contribution in [0.5, 0.6) is 0 Å². The first-order valence-corrected chi connectivity index (χ1v) is 24.8. The van der Waals surface area contributed by atoms with Gasteiger partial charge in [-0.2, -0.15) is 0 Å². The lowest BCUT2D eigenvalue weighted by Gasteiger charge is -2.58. The van der Waals surface area contributed by atoms with Crippen molar-refractivity contribution in [2.45, 2.75) is 208 Å². The normalized spacial score (nSPS) is 28.2. The third kappa shape index (κ3) is 14.3. The highest BCUT2D eigenvalue weighted by Crippen LogP contribution is 2.67. The van der Waals surface area contributed by atoms with Gasteiger partial charge < -0.3 is 21.1 Å². The smallest absolute Gasteiger partial charge is 0.410 e. The van der Waals surface area contributed by atoms with E-state index in [-0.39, 0.29) is 36.0 Å². The maximum absolute atomic E-state index is 13.8. The molecule has 8 atom stereocenters. The minimum atomic E-state index is -0.387. The molecule has 0 aromatic rings. The van der Waals surface area contributed by atoms with Crippen LogP contribution in [0.2, 0.25) is 0 Å². The first-order chi connectivity index (χ1) is 27.9. The molecule has 0 spiro atoms. The van der Waals surface area contributed by atoms with E-state index in [0.717, 1.165) is 86.9 Å². The molecule has 0 aromatic carbocycles. The van der Waals surface area contributed by atoms with Crippen LogP contribution in [0.25, 0.3) is 0 Å². The minimum Gasteiger partial charge on any atom is -0.446 e. The van der Waals surface area contributed by atoms with Crippen molar-refractivity contribution in [2.75, 3.05) is 32.7 Å². The molecule has 4 N–H and O–H groups in total. The molecule has 334 valence electrons. The maximum Gasteiger partial charge on any atom is 0.410 e. The second-order valence-electron chi connectivity index (χ2n) is 20.4. The van der Waals surface area contributed by atoms with E-state index in [1.165, 1.54) is 102 Å². The number of unbranched alkanes of at least 4 members (excludes halogenated alkanes) is 10. The van der Waals surface area contributed by atoms with Crippen molar-refractivity contribution in [3.05, 3.63) is 11.6 Å². The summed E-state index contributed by atoms with van der Waals surface area (Å²) in [5, 5.41) is 6.03. The molecule has 3 amide bonds. The molecule has 0 bridgehead atoms. The summed E-state index contributed by atoms with van der Waals surface area (Å²) in [5.41, 5.74) is 7.82. The van der Waals surface area contributed by atoms with E-state index in [1.54, 1.807) is 4.90 Å². The first kappa shape index (κ1) is 48.6. The zero-order valence-electron chi connectivity index (χ0n) is 38.5. The lowest BCUT2D eigenvalue weighted by molar-refractivity contribution is -0.122. The number of nitrogens with two attached hydrogens (primary N) is 1. The molecule has 0 heterocycles. The fourth-order valence-electron chi connectivity index (χ4n) is 12.3. The Hall–Kier alpha value is -2.09. The van der Waals surface area contributed by atoms with Crippen LogP contribution in [0.1, 0.15) is 202 Å². The monoisotopic (exact) mass is 811 g/mol. The summed E-state index contributed by atoms with van der Waals surface area (Å²) >= 11 is 0. The minimum absolute atomic E-state index is 0.0131. The second kappa shape index (κ2) is 25.0. The summed E-state index contributed by atoms with van der Waals surface area (Å²) in [7, 11) is 0. The highest BCUT2D eigenvalue weighted by atomic mass is 16.6. The third-order valence-corrected chi connectivity index (χ3v) is 15.8. The highest BCUT2D eigenvalue weighted by Gasteiger charge is 2.59. The average Bonchev–Trinajstić information content (AvgIpc) is 3.55. The van der Waals surface area contributed by atoms with Crippen LogP contribution >= 0.6 is 0 Å². The molecule has 58 heavy (non-hydrogen) atoms. The van der Waals surface area contributed by atoms with E-state index in [0.29, 0.717) is 44.4 Å². The number of amides is 3. The molecule has 3 saturated carbocycles. The van der Waals surface area contributed by atoms with Crippen LogP contribution in [-0.2, 0) is 14.3 Å². The Morgan fingerprint density at radius 1 is 0.793 bits per heavy atom. The zero-order valence-corrected chi connectivity index (χ0v) is 38.5. The average molecular weight is 811 g/mol. The number of fused-ring (bicyclic) bond motifs is 5. The standard InChI is InChI=1S/C50H90N4O4/c1-7-8-9-10-11-12-13-14-15-23-46(55)52-34-18-19-35-54(37-47(56)53-33-17-16-32-51)48(57)58-41-28-30-49(5)40(36-41)24-25-42-44-27-26-43(39(4)22-20-21-38(2)3)50(44,6)31-29-45(42)49/h24,38-39,41-45H,7-23,25-37,51H2,1-6H3,(H,52,55)(H,53,56)/t39-,41+,42+,43-,44+,45+,49+,50-/m1/s1. The Kier molecular flexibility index (Phi) is 20.9. The summed E-state index contributed by atoms with van der Waals surface area (Å²) in [6, 6.07) is 0. The number of hydrogen-bond acceptors (Lipinski definition) is 5. The number of allylic oxidation sites excluding steroid dienone is 1. The number of ether oxygens (including phenoxy) is 1. The molecule has 3 fully saturated rings. The fourth-order valence-corrected chi connectivity index (χ4v) is 12.3. The van der Waals surface area contributed by atoms with Crippen molar-refractivity contribution in [3.8, 4) is 0 Å². The quantitative estimate of drug-likeness (QED) is 0.0565. The van der Waals surface area contributed by atoms with Crippen molar-refractivity contribution in [3.63, 3.8) is 0 Å². The van der Waals surface area contributed by atoms with Crippen molar-refractivity contribution >= 4 is 17.9 Å². The predicted octanol–water partition coefficient (Wildman–Crippen LogP) is 11.5. The van der Waals surface area contributed by atoms with Gasteiger partial charge >= 0.3 is 6.09 Å². The highest BCUT2D eigenvalue weighted by molar-refractivity contribution is 5.82. The largest absolute Gasteiger partial charge is 0.446 e. The Morgan fingerprint density at radius 3 is 2.19 bits per heavy atom. The Labute approximate surface area is 356 Å². The number of nitrogens with zero attached hydrogens (tertiary/aromatic N) is 1. The molecular formula is C50H90N4O4. The van der Waals surface area contributed by atoms with Crippen LogP contribution < -0.4 is 16.4 Å². The molecule has 0 aliphatic heterocycles. The maximum atomic E-state index is 13.8. The fraction of sp³-hybridized carbons (Fsp3) is 0.900. The molecular weight excluding hydrogens is 721 g/mol. The van der Waals surface area contributed by atoms with E-state index in [9.17, 15) is 14.4 Å². The van der Waals surface area contributed by atoms with Crippen LogP contribution in [-0.4, -0.2) is 61.6 Å². The molecule has 0 saturated heterocycles. The Balaban J connectivity index is 1.25. The van der Waals surface area contributed by atoms with Gasteiger partial charge in [-0.05, 0) is 130 Å². The molecule has 4 aliphatic rings. The van der Waals surface area contributed by atoms with Crippen molar-refractivity contribution < 1.29 is 19.1 Å². The van der Waals surface area contributed by atoms with Crippen LogP contribution in [0.15, 0.2) is 11.6 Å². The van der Waals surface area contributed by atoms with Crippen molar-refractivity contribution in [1.82, 2.24) is 15.5 Å². The van der Waals surface area contributed by atoms with Gasteiger partial charge in [-0.3, -0.25) is 14.5 Å². The van der Waals surface area contributed by atoms with Crippen LogP contribution in [0, 0.1) is 46.3 Å². The van der Waals surface area contributed by atoms with Crippen LogP contribution in [0.4, 0.5) is 4.79 Å². The predicted molar refractivity (Wildman–Crippen MR) is 240 cm³/mol. The van der Waals surface area contributed by atoms with Crippen LogP contribution in [0.3, 0.4) is 0 Å². The van der Waals surface area contributed by atoms with Crippen molar-refractivity contribution in [1.29, 1.82) is 0 Å². The molecule has 0 aromatic heterocycles. The number of carbonyl (C=O) groups excluding carboxylic acids is 3. The molecule has 0 radical (unpaired) electrons. The molecule has 8 heteroatoms. The number of nitrogens with one attached hydrogen (secondary N) is 2. The van der Waals surface area contributed by atoms with Gasteiger partial charge in [0.1, 0.15) is 12.6 Å². The number of carbonyl (C=O) groups is 3. The van der Waals surface area contributed by atoms with Gasteiger partial charge in [0.05, 0.1) is 0 Å². The number of rotatable bonds is 27. The van der Waals surface area contributed by atoms with E-state index in [2.05, 4.69) is 58.3 Å². The van der Waals surface area contributed by atoms with Gasteiger partial charge in [0.2, 0.25) is 11.8 Å². The van der Waals surface area contributed by atoms with Crippen molar-refractivity contribution in [2.24, 2.45) is 52.1 Å². The summed E-state index contributed by atoms with van der Waals surface area (Å²) in [5.74, 6) is 4.77. The van der Waals surface area contributed by atoms with E-state index >= 15 is 0 Å². The van der Waals surface area contributed by atoms with Gasteiger partial charge in [0.25, 0.3) is 0 Å². The topological polar surface area (TPSA) is 114 Å². The SMILES string of the molecule is CCCCCCCCCCCC(=O)NCCCCN(CC(=O)NCCCCN)C(=O)O[C@H]1CC[C@@]2(C)C(=CC[C@H]3[C@@H]4CC[C@H]([C@H](C)CCCC(C)C)[C@@]4(C)CC[C@@H]32)C1. The first-order valence-electron chi connectivity index (χ1n) is 24.8. The van der Waals surface area contributed by atoms with Gasteiger partial charge in [0, 0.05) is 32.5 Å². The van der Waals surface area contributed by atoms with E-state index in [1.807, 2.05) is 0 Å². The Bertz CT molecular complexity index is 1270. The number of hydrogen-bond donors (Lipinski definition) is 3. The summed E-state index contributed by atoms with van der Waals surface area (Å²) in [6.45, 7) is 16.9. The van der Waals surface area contributed by atoms with Gasteiger partial charge in [-0.15, -0.1) is 0 Å². The van der Waals surface area contributed by atoms with Gasteiger partial charge in [-0.1, -0.05) is 124 Å². The van der Waals surface area contributed by atoms with Gasteiger partial charge in [0.15, 0.2) is 0 Å². The zero-order chi connectivity index (χ0) is 42.0. The van der Waals surface area contributed by atoms with E-state index < -0.39 is 0 Å². The molecule has 0 unspecified atom stereocenters. The third-order valence-electron chi connectivity index (χ3n) is 15.8. The summed E-state index contributed by atoms with van der Waals surface area (Å²) in [4.78, 5) is 40.8. The second-order valence-corrected chi connectivity index (χ2v) is 20.4. The van der Waals surface area contributed by atoms with E-state index in [4.69, 9.17) is 10.5 Å². The molecule has 4 rings (SSSR count). The lowest BCUT2D eigenvalue weighted by Crippen LogP contribution is -2.51.